The van der Waals surface area contributed by atoms with E-state index in [0.29, 0.717) is 0 Å². The topological polar surface area (TPSA) is 22.4 Å². The number of furan rings is 1. The third-order valence-corrected chi connectivity index (χ3v) is 10.7. The summed E-state index contributed by atoms with van der Waals surface area (Å²) in [7, 11) is 0. The third-order valence-electron chi connectivity index (χ3n) is 9.50. The Bertz CT molecular complexity index is 2300. The van der Waals surface area contributed by atoms with Crippen LogP contribution in [-0.4, -0.2) is 0 Å². The Labute approximate surface area is 258 Å². The van der Waals surface area contributed by atoms with Crippen molar-refractivity contribution in [2.45, 2.75) is 11.8 Å². The van der Waals surface area contributed by atoms with E-state index in [2.05, 4.69) is 135 Å². The molecular formula is C38H20Br2O2. The zero-order chi connectivity index (χ0) is 27.7. The van der Waals surface area contributed by atoms with Crippen LogP contribution in [0.2, 0.25) is 0 Å². The number of halogens is 2. The number of hydrogen-bond donors (Lipinski definition) is 0. The SMILES string of the molecule is Brc1cc2c(c3c1-c1ccccc1C3)-c1c(cc(Br)c3oc4ccccc4c13)C21c2ccccc2Oc2ccccc21. The summed E-state index contributed by atoms with van der Waals surface area (Å²) in [5, 5.41) is 2.30. The summed E-state index contributed by atoms with van der Waals surface area (Å²) in [6.07, 6.45) is 0.885. The Morgan fingerprint density at radius 1 is 0.595 bits per heavy atom. The highest BCUT2D eigenvalue weighted by atomic mass is 79.9. The first-order valence-electron chi connectivity index (χ1n) is 14.1. The van der Waals surface area contributed by atoms with E-state index >= 15 is 0 Å². The zero-order valence-corrected chi connectivity index (χ0v) is 25.3. The van der Waals surface area contributed by atoms with Crippen molar-refractivity contribution in [3.63, 3.8) is 0 Å². The molecule has 0 fully saturated rings. The number of ether oxygens (including phenoxy) is 1. The van der Waals surface area contributed by atoms with Gasteiger partial charge in [-0.3, -0.25) is 0 Å². The van der Waals surface area contributed by atoms with E-state index in [1.165, 1.54) is 44.5 Å². The van der Waals surface area contributed by atoms with Gasteiger partial charge in [0.15, 0.2) is 0 Å². The van der Waals surface area contributed by atoms with Crippen molar-refractivity contribution in [1.29, 1.82) is 0 Å². The van der Waals surface area contributed by atoms with Crippen LogP contribution in [0, 0.1) is 0 Å². The minimum atomic E-state index is -0.572. The lowest BCUT2D eigenvalue weighted by Crippen LogP contribution is -2.32. The predicted molar refractivity (Wildman–Crippen MR) is 175 cm³/mol. The molecule has 4 heteroatoms. The molecule has 198 valence electrons. The van der Waals surface area contributed by atoms with E-state index in [9.17, 15) is 0 Å². The van der Waals surface area contributed by atoms with Crippen LogP contribution in [0.3, 0.4) is 0 Å². The van der Waals surface area contributed by atoms with Crippen LogP contribution >= 0.6 is 31.9 Å². The normalized spacial score (nSPS) is 14.7. The van der Waals surface area contributed by atoms with E-state index in [1.807, 2.05) is 6.07 Å². The van der Waals surface area contributed by atoms with Gasteiger partial charge in [-0.1, -0.05) is 94.8 Å². The molecule has 0 atom stereocenters. The van der Waals surface area contributed by atoms with Crippen LogP contribution in [0.5, 0.6) is 11.5 Å². The summed E-state index contributed by atoms with van der Waals surface area (Å²) in [4.78, 5) is 0. The van der Waals surface area contributed by atoms with Crippen molar-refractivity contribution >= 4 is 53.8 Å². The lowest BCUT2D eigenvalue weighted by molar-refractivity contribution is 0.436. The van der Waals surface area contributed by atoms with Gasteiger partial charge in [0.05, 0.1) is 9.89 Å². The lowest BCUT2D eigenvalue weighted by atomic mass is 9.66. The maximum atomic E-state index is 6.60. The first-order valence-corrected chi connectivity index (χ1v) is 15.7. The second-order valence-electron chi connectivity index (χ2n) is 11.4. The molecule has 0 N–H and O–H groups in total. The van der Waals surface area contributed by atoms with Gasteiger partial charge in [0.1, 0.15) is 22.7 Å². The Balaban J connectivity index is 1.49. The maximum Gasteiger partial charge on any atom is 0.150 e. The molecule has 2 heterocycles. The molecule has 1 aromatic heterocycles. The van der Waals surface area contributed by atoms with Crippen LogP contribution in [-0.2, 0) is 11.8 Å². The van der Waals surface area contributed by atoms with Gasteiger partial charge in [-0.05, 0) is 91.6 Å². The molecule has 0 saturated carbocycles. The number of fused-ring (bicyclic) bond motifs is 17. The fourth-order valence-electron chi connectivity index (χ4n) is 8.00. The molecule has 3 aliphatic rings. The molecule has 6 aromatic carbocycles. The lowest BCUT2D eigenvalue weighted by Gasteiger charge is -2.39. The quantitative estimate of drug-likeness (QED) is 0.161. The van der Waals surface area contributed by atoms with E-state index in [4.69, 9.17) is 9.15 Å². The van der Waals surface area contributed by atoms with E-state index in [-0.39, 0.29) is 0 Å². The van der Waals surface area contributed by atoms with Gasteiger partial charge in [-0.15, -0.1) is 0 Å². The average Bonchev–Trinajstić information content (AvgIpc) is 3.68. The van der Waals surface area contributed by atoms with Gasteiger partial charge in [0, 0.05) is 31.9 Å². The summed E-state index contributed by atoms with van der Waals surface area (Å²) < 4.78 is 15.2. The zero-order valence-electron chi connectivity index (χ0n) is 22.2. The molecule has 0 unspecified atom stereocenters. The fraction of sp³-hybridized carbons (Fsp3) is 0.0526. The van der Waals surface area contributed by atoms with E-state index in [1.54, 1.807) is 0 Å². The first kappa shape index (κ1) is 23.4. The van der Waals surface area contributed by atoms with E-state index in [0.717, 1.165) is 59.9 Å². The Morgan fingerprint density at radius 2 is 1.24 bits per heavy atom. The molecule has 7 aromatic rings. The summed E-state index contributed by atoms with van der Waals surface area (Å²) in [5.74, 6) is 1.78. The van der Waals surface area contributed by atoms with Gasteiger partial charge in [0.25, 0.3) is 0 Å². The molecule has 0 radical (unpaired) electrons. The minimum Gasteiger partial charge on any atom is -0.457 e. The highest BCUT2D eigenvalue weighted by Crippen LogP contribution is 2.66. The van der Waals surface area contributed by atoms with Crippen LogP contribution < -0.4 is 4.74 Å². The van der Waals surface area contributed by atoms with Crippen molar-refractivity contribution < 1.29 is 9.15 Å². The van der Waals surface area contributed by atoms with Crippen molar-refractivity contribution in [2.75, 3.05) is 0 Å². The smallest absolute Gasteiger partial charge is 0.150 e. The molecular weight excluding hydrogens is 648 g/mol. The van der Waals surface area contributed by atoms with Gasteiger partial charge in [-0.2, -0.15) is 0 Å². The first-order chi connectivity index (χ1) is 20.7. The predicted octanol–water partition coefficient (Wildman–Crippen LogP) is 11.2. The molecule has 2 aliphatic carbocycles. The van der Waals surface area contributed by atoms with Crippen LogP contribution in [0.25, 0.3) is 44.2 Å². The third kappa shape index (κ3) is 2.67. The second-order valence-corrected chi connectivity index (χ2v) is 13.1. The number of benzene rings is 6. The number of rotatable bonds is 0. The molecule has 2 nitrogen and oxygen atoms in total. The summed E-state index contributed by atoms with van der Waals surface area (Å²) >= 11 is 8.05. The van der Waals surface area contributed by atoms with E-state index < -0.39 is 5.41 Å². The molecule has 0 bridgehead atoms. The highest BCUT2D eigenvalue weighted by molar-refractivity contribution is 9.11. The van der Waals surface area contributed by atoms with Gasteiger partial charge < -0.3 is 9.15 Å². The maximum absolute atomic E-state index is 6.60. The molecule has 1 spiro atoms. The van der Waals surface area contributed by atoms with Gasteiger partial charge >= 0.3 is 0 Å². The summed E-state index contributed by atoms with van der Waals surface area (Å²) in [6, 6.07) is 39.0. The molecule has 10 rings (SSSR count). The van der Waals surface area contributed by atoms with Gasteiger partial charge in [-0.25, -0.2) is 0 Å². The number of hydrogen-bond acceptors (Lipinski definition) is 2. The second kappa shape index (κ2) is 8.03. The standard InChI is InChI=1S/C38H20Br2O2/c39-28-18-26-34(23-17-20-9-1-2-10-21(20)33(23)28)36-27(19-29(40)37-35(36)22-11-3-6-14-30(22)42-37)38(26)24-12-4-7-15-31(24)41-32-16-8-5-13-25(32)38/h1-16,18-19H,17H2. The number of para-hydroxylation sites is 3. The summed E-state index contributed by atoms with van der Waals surface area (Å²) in [6.45, 7) is 0. The Kier molecular flexibility index (Phi) is 4.48. The van der Waals surface area contributed by atoms with Gasteiger partial charge in [0.2, 0.25) is 0 Å². The van der Waals surface area contributed by atoms with Crippen molar-refractivity contribution in [1.82, 2.24) is 0 Å². The van der Waals surface area contributed by atoms with Crippen LogP contribution in [0.4, 0.5) is 0 Å². The Morgan fingerprint density at radius 3 is 2.05 bits per heavy atom. The van der Waals surface area contributed by atoms with Crippen molar-refractivity contribution in [3.05, 3.63) is 152 Å². The molecule has 0 saturated heterocycles. The van der Waals surface area contributed by atoms with Crippen LogP contribution in [0.1, 0.15) is 33.4 Å². The average molecular weight is 668 g/mol. The molecule has 42 heavy (non-hydrogen) atoms. The largest absolute Gasteiger partial charge is 0.457 e. The molecule has 1 aliphatic heterocycles. The van der Waals surface area contributed by atoms with Crippen molar-refractivity contribution in [2.24, 2.45) is 0 Å². The molecule has 0 amide bonds. The van der Waals surface area contributed by atoms with Crippen molar-refractivity contribution in [3.8, 4) is 33.8 Å². The minimum absolute atomic E-state index is 0.572. The fourth-order valence-corrected chi connectivity index (χ4v) is 9.19. The monoisotopic (exact) mass is 666 g/mol. The Hall–Kier alpha value is -4.12. The summed E-state index contributed by atoms with van der Waals surface area (Å²) in [5.41, 5.74) is 14.0. The van der Waals surface area contributed by atoms with Crippen LogP contribution in [0.15, 0.2) is 123 Å². The highest BCUT2D eigenvalue weighted by Gasteiger charge is 2.53.